The molecule has 0 aromatic heterocycles. The lowest BCUT2D eigenvalue weighted by molar-refractivity contribution is 0.317. The van der Waals surface area contributed by atoms with E-state index >= 15 is 0 Å². The van der Waals surface area contributed by atoms with Crippen molar-refractivity contribution < 1.29 is 0 Å². The molecule has 2 nitrogen and oxygen atoms in total. The summed E-state index contributed by atoms with van der Waals surface area (Å²) in [5.74, 6) is 1.82. The second-order valence-electron chi connectivity index (χ2n) is 7.50. The first-order valence-corrected chi connectivity index (χ1v) is 9.05. The Morgan fingerprint density at radius 1 is 1.05 bits per heavy atom. The minimum atomic E-state index is 0.482. The molecular formula is C20H30N2. The van der Waals surface area contributed by atoms with E-state index in [1.165, 1.54) is 55.4 Å². The third kappa shape index (κ3) is 3.21. The summed E-state index contributed by atoms with van der Waals surface area (Å²) in [5.41, 5.74) is 7.79. The predicted octanol–water partition coefficient (Wildman–Crippen LogP) is 5.03. The second kappa shape index (κ2) is 6.85. The van der Waals surface area contributed by atoms with Crippen LogP contribution in [0.15, 0.2) is 29.4 Å². The van der Waals surface area contributed by atoms with Gasteiger partial charge in [0.05, 0.1) is 6.04 Å². The monoisotopic (exact) mass is 298 g/mol. The zero-order chi connectivity index (χ0) is 15.5. The van der Waals surface area contributed by atoms with Crippen LogP contribution in [0.5, 0.6) is 0 Å². The van der Waals surface area contributed by atoms with Gasteiger partial charge in [-0.3, -0.25) is 0 Å². The lowest BCUT2D eigenvalue weighted by Gasteiger charge is -2.33. The van der Waals surface area contributed by atoms with E-state index < -0.39 is 0 Å². The molecule has 0 spiro atoms. The van der Waals surface area contributed by atoms with Crippen LogP contribution in [-0.4, -0.2) is 11.8 Å². The van der Waals surface area contributed by atoms with E-state index in [9.17, 15) is 0 Å². The highest BCUT2D eigenvalue weighted by atomic mass is 15.3. The zero-order valence-corrected chi connectivity index (χ0v) is 14.3. The van der Waals surface area contributed by atoms with Crippen molar-refractivity contribution in [2.24, 2.45) is 16.9 Å². The highest BCUT2D eigenvalue weighted by molar-refractivity contribution is 5.88. The lowest BCUT2D eigenvalue weighted by atomic mass is 9.74. The fraction of sp³-hybridized carbons (Fsp3) is 0.650. The molecule has 1 aliphatic carbocycles. The van der Waals surface area contributed by atoms with Crippen LogP contribution in [0.25, 0.3) is 0 Å². The van der Waals surface area contributed by atoms with Crippen molar-refractivity contribution in [3.05, 3.63) is 35.4 Å². The molecule has 0 radical (unpaired) electrons. The van der Waals surface area contributed by atoms with Crippen molar-refractivity contribution in [2.45, 2.75) is 71.3 Å². The van der Waals surface area contributed by atoms with Crippen LogP contribution < -0.4 is 5.43 Å². The second-order valence-corrected chi connectivity index (χ2v) is 7.50. The fourth-order valence-corrected chi connectivity index (χ4v) is 4.28. The largest absolute Gasteiger partial charge is 0.306 e. The van der Waals surface area contributed by atoms with E-state index in [0.29, 0.717) is 23.8 Å². The Morgan fingerprint density at radius 2 is 1.77 bits per heavy atom. The van der Waals surface area contributed by atoms with E-state index in [0.717, 1.165) is 0 Å². The van der Waals surface area contributed by atoms with Crippen molar-refractivity contribution in [3.63, 3.8) is 0 Å². The molecule has 0 bridgehead atoms. The minimum Gasteiger partial charge on any atom is -0.306 e. The zero-order valence-electron chi connectivity index (χ0n) is 14.3. The van der Waals surface area contributed by atoms with Crippen LogP contribution in [0.3, 0.4) is 0 Å². The van der Waals surface area contributed by atoms with Crippen molar-refractivity contribution in [1.29, 1.82) is 0 Å². The van der Waals surface area contributed by atoms with Gasteiger partial charge < -0.3 is 5.43 Å². The summed E-state index contributed by atoms with van der Waals surface area (Å²) < 4.78 is 0. The van der Waals surface area contributed by atoms with Gasteiger partial charge in [0, 0.05) is 17.5 Å². The first-order chi connectivity index (χ1) is 10.7. The van der Waals surface area contributed by atoms with Crippen LogP contribution in [0.2, 0.25) is 0 Å². The van der Waals surface area contributed by atoms with Gasteiger partial charge in [-0.25, -0.2) is 0 Å². The van der Waals surface area contributed by atoms with Crippen LogP contribution in [0.1, 0.15) is 69.4 Å². The Kier molecular flexibility index (Phi) is 4.85. The molecule has 1 heterocycles. The van der Waals surface area contributed by atoms with E-state index in [1.807, 2.05) is 0 Å². The Morgan fingerprint density at radius 3 is 2.50 bits per heavy atom. The number of hydrogen-bond acceptors (Lipinski definition) is 2. The smallest absolute Gasteiger partial charge is 0.0592 e. The quantitative estimate of drug-likeness (QED) is 0.831. The van der Waals surface area contributed by atoms with Gasteiger partial charge in [-0.2, -0.15) is 5.10 Å². The van der Waals surface area contributed by atoms with Gasteiger partial charge in [-0.05, 0) is 37.7 Å². The summed E-state index contributed by atoms with van der Waals surface area (Å²) in [4.78, 5) is 0. The van der Waals surface area contributed by atoms with Crippen molar-refractivity contribution in [3.8, 4) is 0 Å². The average molecular weight is 298 g/mol. The summed E-state index contributed by atoms with van der Waals surface area (Å²) >= 11 is 0. The van der Waals surface area contributed by atoms with E-state index in [-0.39, 0.29) is 0 Å². The number of nitrogens with zero attached hydrogens (tertiary/aromatic N) is 1. The summed E-state index contributed by atoms with van der Waals surface area (Å²) in [6, 6.07) is 9.63. The molecule has 0 saturated heterocycles. The molecule has 22 heavy (non-hydrogen) atoms. The van der Waals surface area contributed by atoms with Crippen LogP contribution >= 0.6 is 0 Å². The van der Waals surface area contributed by atoms with Crippen molar-refractivity contribution in [1.82, 2.24) is 5.43 Å². The maximum Gasteiger partial charge on any atom is 0.0592 e. The molecule has 1 saturated carbocycles. The summed E-state index contributed by atoms with van der Waals surface area (Å²) in [6.07, 6.45) is 7.97. The van der Waals surface area contributed by atoms with Crippen molar-refractivity contribution >= 4 is 5.71 Å². The van der Waals surface area contributed by atoms with Gasteiger partial charge in [0.25, 0.3) is 0 Å². The number of benzene rings is 1. The summed E-state index contributed by atoms with van der Waals surface area (Å²) in [6.45, 7) is 6.87. The van der Waals surface area contributed by atoms with Gasteiger partial charge in [0.2, 0.25) is 0 Å². The van der Waals surface area contributed by atoms with E-state index in [1.54, 1.807) is 0 Å². The maximum atomic E-state index is 4.75. The number of nitrogens with one attached hydrogen (secondary N) is 1. The third-order valence-corrected chi connectivity index (χ3v) is 5.48. The molecule has 1 aliphatic heterocycles. The van der Waals surface area contributed by atoms with Crippen LogP contribution in [0, 0.1) is 18.8 Å². The average Bonchev–Trinajstić information content (AvgIpc) is 2.82. The Labute approximate surface area is 135 Å². The fourth-order valence-electron chi connectivity index (χ4n) is 4.28. The molecule has 3 rings (SSSR count). The van der Waals surface area contributed by atoms with Gasteiger partial charge in [0.15, 0.2) is 0 Å². The molecule has 2 heteroatoms. The molecule has 3 atom stereocenters. The molecule has 1 fully saturated rings. The molecule has 0 amide bonds. The molecule has 3 unspecified atom stereocenters. The predicted molar refractivity (Wildman–Crippen MR) is 94.3 cm³/mol. The summed E-state index contributed by atoms with van der Waals surface area (Å²) in [5, 5.41) is 4.75. The first kappa shape index (κ1) is 15.6. The van der Waals surface area contributed by atoms with Gasteiger partial charge in [-0.15, -0.1) is 0 Å². The Hall–Kier alpha value is -1.31. The van der Waals surface area contributed by atoms with Crippen LogP contribution in [-0.2, 0) is 0 Å². The number of aryl methyl sites for hydroxylation is 1. The molecule has 120 valence electrons. The third-order valence-electron chi connectivity index (χ3n) is 5.48. The molecule has 1 aromatic rings. The van der Waals surface area contributed by atoms with E-state index in [2.05, 4.69) is 50.5 Å². The number of hydrogen-bond donors (Lipinski definition) is 1. The molecule has 2 aliphatic rings. The highest BCUT2D eigenvalue weighted by Gasteiger charge is 2.38. The SMILES string of the molecule is Cc1ccc(C(C(C)C)C2NN=C3CCCCCCC32)cc1. The normalized spacial score (nSPS) is 26.6. The minimum absolute atomic E-state index is 0.482. The lowest BCUT2D eigenvalue weighted by Crippen LogP contribution is -2.38. The van der Waals surface area contributed by atoms with Crippen LogP contribution in [0.4, 0.5) is 0 Å². The number of rotatable bonds is 3. The standard InChI is InChI=1S/C20H30N2/c1-14(2)19(16-12-10-15(3)11-13-16)20-17-8-6-4-5-7-9-18(17)21-22-20/h10-14,17,19-20,22H,4-9H2,1-3H3. The highest BCUT2D eigenvalue weighted by Crippen LogP contribution is 2.38. The number of fused-ring (bicyclic) bond motifs is 1. The Bertz CT molecular complexity index is 515. The van der Waals surface area contributed by atoms with Gasteiger partial charge in [0.1, 0.15) is 0 Å². The summed E-state index contributed by atoms with van der Waals surface area (Å²) in [7, 11) is 0. The van der Waals surface area contributed by atoms with Gasteiger partial charge >= 0.3 is 0 Å². The van der Waals surface area contributed by atoms with Crippen molar-refractivity contribution in [2.75, 3.05) is 0 Å². The molecule has 1 N–H and O–H groups in total. The van der Waals surface area contributed by atoms with E-state index in [4.69, 9.17) is 5.10 Å². The van der Waals surface area contributed by atoms with Gasteiger partial charge in [-0.1, -0.05) is 62.9 Å². The first-order valence-electron chi connectivity index (χ1n) is 9.05. The Balaban J connectivity index is 1.84. The molecular weight excluding hydrogens is 268 g/mol. The molecule has 1 aromatic carbocycles. The topological polar surface area (TPSA) is 24.4 Å². The number of hydrazone groups is 1. The maximum absolute atomic E-state index is 4.75.